The lowest BCUT2D eigenvalue weighted by atomic mass is 10.1. The molecule has 0 aromatic carbocycles. The van der Waals surface area contributed by atoms with Gasteiger partial charge in [0, 0.05) is 0 Å². The molecule has 0 aliphatic carbocycles. The normalized spacial score (nSPS) is 16.3. The lowest BCUT2D eigenvalue weighted by Crippen LogP contribution is -2.44. The van der Waals surface area contributed by atoms with Crippen molar-refractivity contribution in [2.45, 2.75) is 51.2 Å². The summed E-state index contributed by atoms with van der Waals surface area (Å²) in [6, 6.07) is 0. The van der Waals surface area contributed by atoms with E-state index in [-0.39, 0.29) is 0 Å². The van der Waals surface area contributed by atoms with Crippen molar-refractivity contribution in [2.24, 2.45) is 0 Å². The van der Waals surface area contributed by atoms with Gasteiger partial charge in [0.25, 0.3) is 0 Å². The summed E-state index contributed by atoms with van der Waals surface area (Å²) in [6.45, 7) is 3.68. The summed E-state index contributed by atoms with van der Waals surface area (Å²) in [5.74, 6) is 1.60. The van der Waals surface area contributed by atoms with Crippen molar-refractivity contribution < 1.29 is 13.3 Å². The van der Waals surface area contributed by atoms with E-state index in [1.165, 1.54) is 0 Å². The van der Waals surface area contributed by atoms with Gasteiger partial charge in [0.05, 0.1) is 14.9 Å². The van der Waals surface area contributed by atoms with E-state index < -0.39 is 20.6 Å². The molecule has 1 unspecified atom stereocenters. The largest absolute Gasteiger partial charge is 0.307 e. The first-order valence-electron chi connectivity index (χ1n) is 5.39. The van der Waals surface area contributed by atoms with Crippen molar-refractivity contribution >= 4 is 9.63 Å². The van der Waals surface area contributed by atoms with E-state index in [1.807, 2.05) is 0 Å². The molecule has 0 spiro atoms. The Morgan fingerprint density at radius 2 is 1.93 bits per heavy atom. The lowest BCUT2D eigenvalue weighted by Gasteiger charge is -2.34. The third-order valence-electron chi connectivity index (χ3n) is 2.63. The molecule has 0 aromatic heterocycles. The molecular formula is C11H22O3S. The molecule has 90 valence electrons. The van der Waals surface area contributed by atoms with E-state index in [0.717, 1.165) is 25.7 Å². The molecule has 0 aromatic rings. The quantitative estimate of drug-likeness (QED) is 0.526. The standard InChI is InChI=1S/C11H22O3S/c1-4-6-7-8-9-11(3)15(12,13,14)10-5-2/h2,11H,4,6-10H2,1,3H3,(H2,12,13,14). The predicted molar refractivity (Wildman–Crippen MR) is 65.3 cm³/mol. The van der Waals surface area contributed by atoms with Gasteiger partial charge in [0.2, 0.25) is 0 Å². The number of unbranched alkanes of at least 4 members (excludes halogenated alkanes) is 3. The highest BCUT2D eigenvalue weighted by Gasteiger charge is 2.35. The number of terminal acetylenes is 1. The molecule has 2 N–H and O–H groups in total. The van der Waals surface area contributed by atoms with Crippen molar-refractivity contribution in [1.29, 1.82) is 0 Å². The molecule has 1 atom stereocenters. The van der Waals surface area contributed by atoms with E-state index in [9.17, 15) is 13.3 Å². The Bertz CT molecular complexity index is 285. The summed E-state index contributed by atoms with van der Waals surface area (Å²) < 4.78 is 30.9. The van der Waals surface area contributed by atoms with Crippen LogP contribution in [0.3, 0.4) is 0 Å². The SMILES string of the molecule is C#CCS(=O)(O)(O)C(C)CCCCCC. The molecular weight excluding hydrogens is 212 g/mol. The van der Waals surface area contributed by atoms with Crippen molar-refractivity contribution in [3.05, 3.63) is 0 Å². The van der Waals surface area contributed by atoms with Crippen LogP contribution in [0, 0.1) is 12.3 Å². The maximum atomic E-state index is 11.7. The minimum Gasteiger partial charge on any atom is -0.307 e. The fourth-order valence-corrected chi connectivity index (χ4v) is 2.63. The summed E-state index contributed by atoms with van der Waals surface area (Å²) in [7, 11) is -4.57. The third kappa shape index (κ3) is 5.31. The van der Waals surface area contributed by atoms with Crippen molar-refractivity contribution in [3.8, 4) is 12.3 Å². The van der Waals surface area contributed by atoms with Crippen LogP contribution in [0.2, 0.25) is 0 Å². The van der Waals surface area contributed by atoms with Gasteiger partial charge in [-0.2, -0.15) is 0 Å². The fourth-order valence-electron chi connectivity index (χ4n) is 1.39. The Morgan fingerprint density at radius 1 is 1.33 bits per heavy atom. The van der Waals surface area contributed by atoms with Crippen LogP contribution < -0.4 is 0 Å². The van der Waals surface area contributed by atoms with Crippen LogP contribution in [0.4, 0.5) is 0 Å². The second-order valence-electron chi connectivity index (χ2n) is 4.09. The van der Waals surface area contributed by atoms with Gasteiger partial charge in [-0.25, -0.2) is 4.21 Å². The first-order valence-corrected chi connectivity index (χ1v) is 7.50. The predicted octanol–water partition coefficient (Wildman–Crippen LogP) is 2.74. The van der Waals surface area contributed by atoms with Crippen molar-refractivity contribution in [3.63, 3.8) is 0 Å². The fraction of sp³-hybridized carbons (Fsp3) is 0.818. The summed E-state index contributed by atoms with van der Waals surface area (Å²) in [5, 5.41) is -0.644. The summed E-state index contributed by atoms with van der Waals surface area (Å²) >= 11 is 0. The highest BCUT2D eigenvalue weighted by molar-refractivity contribution is 8.10. The monoisotopic (exact) mass is 234 g/mol. The van der Waals surface area contributed by atoms with Gasteiger partial charge < -0.3 is 9.11 Å². The molecule has 0 fully saturated rings. The maximum Gasteiger partial charge on any atom is 0.108 e. The van der Waals surface area contributed by atoms with Gasteiger partial charge in [-0.05, 0) is 13.3 Å². The highest BCUT2D eigenvalue weighted by Crippen LogP contribution is 2.27. The molecule has 3 nitrogen and oxygen atoms in total. The van der Waals surface area contributed by atoms with Gasteiger partial charge in [-0.3, -0.25) is 0 Å². The molecule has 0 aliphatic heterocycles. The zero-order valence-electron chi connectivity index (χ0n) is 9.61. The zero-order chi connectivity index (χ0) is 12.0. The molecule has 0 saturated heterocycles. The second-order valence-corrected chi connectivity index (χ2v) is 7.34. The molecule has 0 bridgehead atoms. The van der Waals surface area contributed by atoms with Gasteiger partial charge in [0.1, 0.15) is 5.75 Å². The molecule has 0 saturated carbocycles. The van der Waals surface area contributed by atoms with Gasteiger partial charge in [-0.1, -0.05) is 38.5 Å². The maximum absolute atomic E-state index is 11.7. The Morgan fingerprint density at radius 3 is 2.40 bits per heavy atom. The van der Waals surface area contributed by atoms with Gasteiger partial charge in [-0.15, -0.1) is 6.42 Å². The van der Waals surface area contributed by atoms with Crippen molar-refractivity contribution in [1.82, 2.24) is 0 Å². The molecule has 0 amide bonds. The first kappa shape index (κ1) is 14.6. The molecule has 15 heavy (non-hydrogen) atoms. The van der Waals surface area contributed by atoms with Gasteiger partial charge in [0.15, 0.2) is 0 Å². The Hall–Kier alpha value is -0.370. The molecule has 0 radical (unpaired) electrons. The number of hydrogen-bond acceptors (Lipinski definition) is 1. The van der Waals surface area contributed by atoms with Gasteiger partial charge >= 0.3 is 0 Å². The summed E-state index contributed by atoms with van der Waals surface area (Å²) in [5.41, 5.74) is 0. The minimum atomic E-state index is -4.57. The second kappa shape index (κ2) is 5.64. The molecule has 0 aliphatic rings. The van der Waals surface area contributed by atoms with Crippen LogP contribution in [0.5, 0.6) is 0 Å². The van der Waals surface area contributed by atoms with E-state index in [4.69, 9.17) is 6.42 Å². The summed E-state index contributed by atoms with van der Waals surface area (Å²) in [4.78, 5) is 0. The van der Waals surface area contributed by atoms with Crippen LogP contribution in [0.25, 0.3) is 0 Å². The van der Waals surface area contributed by atoms with E-state index in [1.54, 1.807) is 6.92 Å². The topological polar surface area (TPSA) is 57.5 Å². The van der Waals surface area contributed by atoms with E-state index >= 15 is 0 Å². The average Bonchev–Trinajstić information content (AvgIpc) is 2.11. The van der Waals surface area contributed by atoms with Crippen molar-refractivity contribution in [2.75, 3.05) is 5.75 Å². The van der Waals surface area contributed by atoms with E-state index in [2.05, 4.69) is 12.8 Å². The molecule has 4 heteroatoms. The smallest absolute Gasteiger partial charge is 0.108 e. The van der Waals surface area contributed by atoms with Crippen LogP contribution in [-0.4, -0.2) is 24.3 Å². The number of rotatable bonds is 7. The minimum absolute atomic E-state index is 0.466. The third-order valence-corrected chi connectivity index (χ3v) is 5.19. The Labute approximate surface area is 92.7 Å². The highest BCUT2D eigenvalue weighted by atomic mass is 32.3. The average molecular weight is 234 g/mol. The van der Waals surface area contributed by atoms with Crippen LogP contribution in [0.15, 0.2) is 0 Å². The molecule has 0 rings (SSSR count). The van der Waals surface area contributed by atoms with Crippen LogP contribution in [0.1, 0.15) is 46.0 Å². The Kier molecular flexibility index (Phi) is 5.50. The number of hydrogen-bond donors (Lipinski definition) is 2. The molecule has 0 heterocycles. The summed E-state index contributed by atoms with van der Waals surface area (Å²) in [6.07, 6.45) is 9.63. The first-order chi connectivity index (χ1) is 6.82. The Balaban J connectivity index is 4.14. The zero-order valence-corrected chi connectivity index (χ0v) is 10.4. The van der Waals surface area contributed by atoms with Crippen LogP contribution >= 0.6 is 0 Å². The lowest BCUT2D eigenvalue weighted by molar-refractivity contribution is 0.375. The van der Waals surface area contributed by atoms with E-state index in [0.29, 0.717) is 6.42 Å². The van der Waals surface area contributed by atoms with Crippen LogP contribution in [-0.2, 0) is 9.63 Å².